The standard InChI is InChI=1S/C20H26N2O/c1-2-13-22-14-7-6-10-19(22)18-11-12-20(21-15-18)23-16-17-8-4-3-5-9-17/h3-5,8-9,11-12,15,19H,2,6-7,10,13-14,16H2,1H3/t19-/m1/s1. The Morgan fingerprint density at radius 1 is 1.13 bits per heavy atom. The van der Waals surface area contributed by atoms with Crippen LogP contribution in [0.25, 0.3) is 0 Å². The number of piperidine rings is 1. The predicted octanol–water partition coefficient (Wildman–Crippen LogP) is 4.60. The largest absolute Gasteiger partial charge is 0.473 e. The average Bonchev–Trinajstić information content (AvgIpc) is 2.62. The van der Waals surface area contributed by atoms with Crippen LogP contribution in [-0.4, -0.2) is 23.0 Å². The number of pyridine rings is 1. The van der Waals surface area contributed by atoms with E-state index in [2.05, 4.69) is 35.0 Å². The van der Waals surface area contributed by atoms with Gasteiger partial charge in [-0.2, -0.15) is 0 Å². The van der Waals surface area contributed by atoms with E-state index < -0.39 is 0 Å². The second-order valence-corrected chi connectivity index (χ2v) is 6.25. The topological polar surface area (TPSA) is 25.4 Å². The lowest BCUT2D eigenvalue weighted by molar-refractivity contribution is 0.148. The second-order valence-electron chi connectivity index (χ2n) is 6.25. The van der Waals surface area contributed by atoms with E-state index in [1.165, 1.54) is 49.9 Å². The number of nitrogens with zero attached hydrogens (tertiary/aromatic N) is 2. The summed E-state index contributed by atoms with van der Waals surface area (Å²) in [5.41, 5.74) is 2.49. The summed E-state index contributed by atoms with van der Waals surface area (Å²) in [6.07, 6.45) is 7.09. The maximum Gasteiger partial charge on any atom is 0.213 e. The molecular formula is C20H26N2O. The molecule has 0 unspecified atom stereocenters. The molecule has 0 spiro atoms. The maximum atomic E-state index is 5.78. The summed E-state index contributed by atoms with van der Waals surface area (Å²) in [6, 6.07) is 14.9. The quantitative estimate of drug-likeness (QED) is 0.780. The lowest BCUT2D eigenvalue weighted by atomic mass is 9.96. The zero-order valence-corrected chi connectivity index (χ0v) is 13.9. The van der Waals surface area contributed by atoms with Gasteiger partial charge in [-0.25, -0.2) is 4.98 Å². The van der Waals surface area contributed by atoms with Gasteiger partial charge in [-0.15, -0.1) is 0 Å². The summed E-state index contributed by atoms with van der Waals surface area (Å²) < 4.78 is 5.78. The van der Waals surface area contributed by atoms with Gasteiger partial charge >= 0.3 is 0 Å². The third kappa shape index (κ3) is 4.32. The third-order valence-electron chi connectivity index (χ3n) is 4.50. The van der Waals surface area contributed by atoms with Crippen molar-refractivity contribution in [3.8, 4) is 5.88 Å². The van der Waals surface area contributed by atoms with Gasteiger partial charge in [0.2, 0.25) is 5.88 Å². The summed E-state index contributed by atoms with van der Waals surface area (Å²) in [4.78, 5) is 7.12. The molecule has 0 aliphatic carbocycles. The molecule has 0 N–H and O–H groups in total. The minimum Gasteiger partial charge on any atom is -0.473 e. The molecule has 1 aliphatic rings. The van der Waals surface area contributed by atoms with Crippen molar-refractivity contribution in [1.29, 1.82) is 0 Å². The fourth-order valence-corrected chi connectivity index (χ4v) is 3.33. The average molecular weight is 310 g/mol. The molecule has 0 radical (unpaired) electrons. The van der Waals surface area contributed by atoms with Crippen molar-refractivity contribution in [2.75, 3.05) is 13.1 Å². The highest BCUT2D eigenvalue weighted by molar-refractivity contribution is 5.22. The first-order valence-corrected chi connectivity index (χ1v) is 8.73. The number of likely N-dealkylation sites (tertiary alicyclic amines) is 1. The Morgan fingerprint density at radius 3 is 2.74 bits per heavy atom. The molecule has 0 saturated carbocycles. The van der Waals surface area contributed by atoms with Crippen molar-refractivity contribution in [2.45, 2.75) is 45.3 Å². The zero-order valence-electron chi connectivity index (χ0n) is 13.9. The Labute approximate surface area is 139 Å². The number of hydrogen-bond donors (Lipinski definition) is 0. The summed E-state index contributed by atoms with van der Waals surface area (Å²) >= 11 is 0. The molecule has 1 saturated heterocycles. The smallest absolute Gasteiger partial charge is 0.213 e. The number of hydrogen-bond acceptors (Lipinski definition) is 3. The van der Waals surface area contributed by atoms with Crippen molar-refractivity contribution in [3.05, 3.63) is 59.8 Å². The van der Waals surface area contributed by atoms with Gasteiger partial charge in [0, 0.05) is 18.3 Å². The molecule has 1 aliphatic heterocycles. The number of benzene rings is 1. The molecule has 3 rings (SSSR count). The molecule has 23 heavy (non-hydrogen) atoms. The lowest BCUT2D eigenvalue weighted by Gasteiger charge is -2.35. The number of ether oxygens (including phenoxy) is 1. The zero-order chi connectivity index (χ0) is 15.9. The van der Waals surface area contributed by atoms with E-state index in [1.807, 2.05) is 30.5 Å². The molecule has 2 heterocycles. The van der Waals surface area contributed by atoms with E-state index in [0.717, 1.165) is 0 Å². The van der Waals surface area contributed by atoms with Crippen LogP contribution < -0.4 is 4.74 Å². The summed E-state index contributed by atoms with van der Waals surface area (Å²) in [6.45, 7) is 5.21. The molecule has 1 aromatic heterocycles. The van der Waals surface area contributed by atoms with E-state index in [-0.39, 0.29) is 0 Å². The minimum atomic E-state index is 0.527. The SMILES string of the molecule is CCCN1CCCC[C@@H]1c1ccc(OCc2ccccc2)nc1. The van der Waals surface area contributed by atoms with Gasteiger partial charge in [0.25, 0.3) is 0 Å². The normalized spacial score (nSPS) is 18.7. The van der Waals surface area contributed by atoms with Crippen molar-refractivity contribution < 1.29 is 4.74 Å². The summed E-state index contributed by atoms with van der Waals surface area (Å²) in [5.74, 6) is 0.704. The highest BCUT2D eigenvalue weighted by Crippen LogP contribution is 2.31. The van der Waals surface area contributed by atoms with Gasteiger partial charge in [-0.05, 0) is 43.5 Å². The van der Waals surface area contributed by atoms with Crippen LogP contribution >= 0.6 is 0 Å². The molecule has 0 amide bonds. The first-order chi connectivity index (χ1) is 11.4. The summed E-state index contributed by atoms with van der Waals surface area (Å²) in [7, 11) is 0. The molecule has 2 aromatic rings. The van der Waals surface area contributed by atoms with Crippen LogP contribution in [0.5, 0.6) is 5.88 Å². The van der Waals surface area contributed by atoms with Crippen LogP contribution in [0.1, 0.15) is 49.8 Å². The first kappa shape index (κ1) is 16.0. The van der Waals surface area contributed by atoms with Gasteiger partial charge in [0.15, 0.2) is 0 Å². The minimum absolute atomic E-state index is 0.527. The highest BCUT2D eigenvalue weighted by atomic mass is 16.5. The van der Waals surface area contributed by atoms with Gasteiger partial charge < -0.3 is 4.74 Å². The molecule has 3 nitrogen and oxygen atoms in total. The van der Waals surface area contributed by atoms with Crippen LogP contribution in [0.2, 0.25) is 0 Å². The van der Waals surface area contributed by atoms with Gasteiger partial charge in [-0.1, -0.05) is 49.7 Å². The lowest BCUT2D eigenvalue weighted by Crippen LogP contribution is -2.34. The molecule has 1 fully saturated rings. The molecule has 1 atom stereocenters. The van der Waals surface area contributed by atoms with Gasteiger partial charge in [0.1, 0.15) is 6.61 Å². The second kappa shape index (κ2) is 8.11. The van der Waals surface area contributed by atoms with Crippen LogP contribution in [-0.2, 0) is 6.61 Å². The Morgan fingerprint density at radius 2 is 2.00 bits per heavy atom. The van der Waals surface area contributed by atoms with Crippen LogP contribution in [0.15, 0.2) is 48.7 Å². The molecule has 3 heteroatoms. The van der Waals surface area contributed by atoms with Crippen LogP contribution in [0.3, 0.4) is 0 Å². The Hall–Kier alpha value is -1.87. The Balaban J connectivity index is 1.62. The molecule has 122 valence electrons. The molecule has 1 aromatic carbocycles. The van der Waals surface area contributed by atoms with Gasteiger partial charge in [-0.3, -0.25) is 4.90 Å². The van der Waals surface area contributed by atoms with Crippen molar-refractivity contribution in [3.63, 3.8) is 0 Å². The number of rotatable bonds is 6. The Kier molecular flexibility index (Phi) is 5.65. The number of aromatic nitrogens is 1. The van der Waals surface area contributed by atoms with Gasteiger partial charge in [0.05, 0.1) is 0 Å². The third-order valence-corrected chi connectivity index (χ3v) is 4.50. The molecular weight excluding hydrogens is 284 g/mol. The van der Waals surface area contributed by atoms with Crippen molar-refractivity contribution in [1.82, 2.24) is 9.88 Å². The summed E-state index contributed by atoms with van der Waals surface area (Å²) in [5, 5.41) is 0. The van der Waals surface area contributed by atoms with Crippen molar-refractivity contribution >= 4 is 0 Å². The van der Waals surface area contributed by atoms with Crippen LogP contribution in [0, 0.1) is 0 Å². The van der Waals surface area contributed by atoms with Crippen molar-refractivity contribution in [2.24, 2.45) is 0 Å². The van der Waals surface area contributed by atoms with E-state index in [1.54, 1.807) is 0 Å². The van der Waals surface area contributed by atoms with E-state index in [9.17, 15) is 0 Å². The molecule has 0 bridgehead atoms. The first-order valence-electron chi connectivity index (χ1n) is 8.73. The van der Waals surface area contributed by atoms with E-state index in [4.69, 9.17) is 4.74 Å². The predicted molar refractivity (Wildman–Crippen MR) is 93.5 cm³/mol. The highest BCUT2D eigenvalue weighted by Gasteiger charge is 2.23. The van der Waals surface area contributed by atoms with E-state index >= 15 is 0 Å². The fraction of sp³-hybridized carbons (Fsp3) is 0.450. The van der Waals surface area contributed by atoms with E-state index in [0.29, 0.717) is 18.5 Å². The Bertz CT molecular complexity index is 580. The monoisotopic (exact) mass is 310 g/mol. The maximum absolute atomic E-state index is 5.78. The fourth-order valence-electron chi connectivity index (χ4n) is 3.33. The van der Waals surface area contributed by atoms with Crippen LogP contribution in [0.4, 0.5) is 0 Å².